The van der Waals surface area contributed by atoms with E-state index in [1.165, 1.54) is 21.6 Å². The Morgan fingerprint density at radius 2 is 1.72 bits per heavy atom. The molecule has 0 unspecified atom stereocenters. The predicted octanol–water partition coefficient (Wildman–Crippen LogP) is 3.36. The van der Waals surface area contributed by atoms with Gasteiger partial charge < -0.3 is 4.90 Å². The first-order chi connectivity index (χ1) is 13.8. The summed E-state index contributed by atoms with van der Waals surface area (Å²) in [5.74, 6) is 0.0694. The topological polar surface area (TPSA) is 60.1 Å². The van der Waals surface area contributed by atoms with Gasteiger partial charge in [-0.3, -0.25) is 9.36 Å². The van der Waals surface area contributed by atoms with Crippen LogP contribution in [0.5, 0.6) is 0 Å². The predicted molar refractivity (Wildman–Crippen MR) is 99.0 cm³/mol. The molecular weight excluding hydrogens is 409 g/mol. The SMILES string of the molecule is O=C(c1ccccc1Cl)N1CCn2c(nn(-c3ccc(C(F)(F)F)cc3)c2=O)C1. The summed E-state index contributed by atoms with van der Waals surface area (Å²) < 4.78 is 40.7. The number of aromatic nitrogens is 3. The highest BCUT2D eigenvalue weighted by Crippen LogP contribution is 2.29. The number of nitrogens with zero attached hydrogens (tertiary/aromatic N) is 4. The van der Waals surface area contributed by atoms with Crippen LogP contribution in [0.2, 0.25) is 5.02 Å². The van der Waals surface area contributed by atoms with Crippen molar-refractivity contribution in [1.29, 1.82) is 0 Å². The molecule has 0 aliphatic carbocycles. The van der Waals surface area contributed by atoms with Crippen LogP contribution in [0, 0.1) is 0 Å². The van der Waals surface area contributed by atoms with Crippen molar-refractivity contribution in [1.82, 2.24) is 19.2 Å². The van der Waals surface area contributed by atoms with E-state index in [0.717, 1.165) is 16.8 Å². The first-order valence-electron chi connectivity index (χ1n) is 8.66. The molecule has 0 radical (unpaired) electrons. The molecule has 29 heavy (non-hydrogen) atoms. The van der Waals surface area contributed by atoms with Gasteiger partial charge in [-0.05, 0) is 36.4 Å². The number of amides is 1. The lowest BCUT2D eigenvalue weighted by Gasteiger charge is -2.27. The molecule has 1 amide bonds. The van der Waals surface area contributed by atoms with Crippen molar-refractivity contribution in [3.05, 3.63) is 81.0 Å². The Labute approximate surface area is 167 Å². The smallest absolute Gasteiger partial charge is 0.329 e. The van der Waals surface area contributed by atoms with Gasteiger partial charge in [0.1, 0.15) is 0 Å². The van der Waals surface area contributed by atoms with E-state index < -0.39 is 17.4 Å². The standard InChI is InChI=1S/C19H14ClF3N4O2/c20-15-4-2-1-3-14(15)17(28)25-9-10-26-16(11-25)24-27(18(26)29)13-7-5-12(6-8-13)19(21,22)23/h1-8H,9-11H2. The minimum Gasteiger partial charge on any atom is -0.329 e. The number of carbonyl (C=O) groups excluding carboxylic acids is 1. The van der Waals surface area contributed by atoms with Crippen LogP contribution in [0.15, 0.2) is 53.3 Å². The number of halogens is 4. The second kappa shape index (κ2) is 7.07. The quantitative estimate of drug-likeness (QED) is 0.636. The molecule has 0 spiro atoms. The Hall–Kier alpha value is -3.07. The highest BCUT2D eigenvalue weighted by atomic mass is 35.5. The van der Waals surface area contributed by atoms with E-state index in [4.69, 9.17) is 11.6 Å². The summed E-state index contributed by atoms with van der Waals surface area (Å²) in [4.78, 5) is 26.9. The summed E-state index contributed by atoms with van der Waals surface area (Å²) in [5.41, 5.74) is -0.708. The zero-order chi connectivity index (χ0) is 20.8. The zero-order valence-corrected chi connectivity index (χ0v) is 15.6. The molecular formula is C19H14ClF3N4O2. The molecule has 0 saturated carbocycles. The van der Waals surface area contributed by atoms with Gasteiger partial charge in [-0.2, -0.15) is 17.9 Å². The maximum Gasteiger partial charge on any atom is 0.416 e. The van der Waals surface area contributed by atoms with Gasteiger partial charge in [0, 0.05) is 13.1 Å². The van der Waals surface area contributed by atoms with Gasteiger partial charge in [0.2, 0.25) is 0 Å². The fraction of sp³-hybridized carbons (Fsp3) is 0.211. The highest BCUT2D eigenvalue weighted by molar-refractivity contribution is 6.33. The van der Waals surface area contributed by atoms with Crippen LogP contribution in [0.3, 0.4) is 0 Å². The fourth-order valence-electron chi connectivity index (χ4n) is 3.19. The fourth-order valence-corrected chi connectivity index (χ4v) is 3.40. The Balaban J connectivity index is 1.62. The molecule has 3 aromatic rings. The summed E-state index contributed by atoms with van der Waals surface area (Å²) in [6.07, 6.45) is -4.46. The lowest BCUT2D eigenvalue weighted by Crippen LogP contribution is -2.41. The van der Waals surface area contributed by atoms with Crippen molar-refractivity contribution in [2.24, 2.45) is 0 Å². The molecule has 4 rings (SSSR count). The maximum atomic E-state index is 12.7. The number of carbonyl (C=O) groups is 1. The van der Waals surface area contributed by atoms with E-state index in [9.17, 15) is 22.8 Å². The molecule has 0 saturated heterocycles. The number of rotatable bonds is 2. The van der Waals surface area contributed by atoms with Gasteiger partial charge in [-0.1, -0.05) is 23.7 Å². The maximum absolute atomic E-state index is 12.7. The molecule has 6 nitrogen and oxygen atoms in total. The average Bonchev–Trinajstić information content (AvgIpc) is 3.03. The van der Waals surface area contributed by atoms with E-state index >= 15 is 0 Å². The molecule has 1 aliphatic rings. The number of fused-ring (bicyclic) bond motifs is 1. The van der Waals surface area contributed by atoms with E-state index in [0.29, 0.717) is 16.4 Å². The van der Waals surface area contributed by atoms with Gasteiger partial charge in [-0.15, -0.1) is 5.10 Å². The summed E-state index contributed by atoms with van der Waals surface area (Å²) >= 11 is 6.09. The normalized spacial score (nSPS) is 14.0. The van der Waals surface area contributed by atoms with E-state index in [1.54, 1.807) is 24.3 Å². The van der Waals surface area contributed by atoms with Crippen molar-refractivity contribution in [2.75, 3.05) is 6.54 Å². The molecule has 150 valence electrons. The van der Waals surface area contributed by atoms with Crippen LogP contribution >= 0.6 is 11.6 Å². The number of hydrogen-bond acceptors (Lipinski definition) is 3. The van der Waals surface area contributed by atoms with Crippen LogP contribution < -0.4 is 5.69 Å². The second-order valence-electron chi connectivity index (χ2n) is 6.51. The number of hydrogen-bond donors (Lipinski definition) is 0. The molecule has 1 aliphatic heterocycles. The molecule has 10 heteroatoms. The van der Waals surface area contributed by atoms with Crippen LogP contribution in [-0.4, -0.2) is 31.7 Å². The van der Waals surface area contributed by atoms with Crippen LogP contribution in [0.4, 0.5) is 13.2 Å². The monoisotopic (exact) mass is 422 g/mol. The van der Waals surface area contributed by atoms with Gasteiger partial charge in [-0.25, -0.2) is 4.79 Å². The molecule has 0 N–H and O–H groups in total. The third-order valence-corrected chi connectivity index (χ3v) is 5.03. The van der Waals surface area contributed by atoms with Crippen molar-refractivity contribution < 1.29 is 18.0 Å². The molecule has 0 fully saturated rings. The first kappa shape index (κ1) is 19.3. The van der Waals surface area contributed by atoms with Crippen molar-refractivity contribution >= 4 is 17.5 Å². The number of benzene rings is 2. The van der Waals surface area contributed by atoms with Crippen LogP contribution in [0.1, 0.15) is 21.7 Å². The van der Waals surface area contributed by atoms with Gasteiger partial charge >= 0.3 is 11.9 Å². The number of alkyl halides is 3. The highest BCUT2D eigenvalue weighted by Gasteiger charge is 2.31. The molecule has 1 aromatic heterocycles. The van der Waals surface area contributed by atoms with Gasteiger partial charge in [0.15, 0.2) is 5.82 Å². The Kier molecular flexibility index (Phi) is 4.70. The molecule has 0 atom stereocenters. The minimum atomic E-state index is -4.46. The van der Waals surface area contributed by atoms with E-state index in [2.05, 4.69) is 5.10 Å². The second-order valence-corrected chi connectivity index (χ2v) is 6.92. The minimum absolute atomic E-state index is 0.0902. The van der Waals surface area contributed by atoms with Crippen LogP contribution in [0.25, 0.3) is 5.69 Å². The Morgan fingerprint density at radius 3 is 2.38 bits per heavy atom. The Bertz CT molecular complexity index is 1140. The summed E-state index contributed by atoms with van der Waals surface area (Å²) in [6, 6.07) is 10.8. The van der Waals surface area contributed by atoms with Gasteiger partial charge in [0.05, 0.1) is 28.4 Å². The van der Waals surface area contributed by atoms with Crippen LogP contribution in [-0.2, 0) is 19.3 Å². The average molecular weight is 423 g/mol. The largest absolute Gasteiger partial charge is 0.416 e. The third kappa shape index (κ3) is 3.53. The van der Waals surface area contributed by atoms with Crippen molar-refractivity contribution in [3.63, 3.8) is 0 Å². The van der Waals surface area contributed by atoms with E-state index in [-0.39, 0.29) is 31.2 Å². The van der Waals surface area contributed by atoms with Crippen molar-refractivity contribution in [3.8, 4) is 5.69 Å². The van der Waals surface area contributed by atoms with Gasteiger partial charge in [0.25, 0.3) is 5.91 Å². The molecule has 2 heterocycles. The lowest BCUT2D eigenvalue weighted by molar-refractivity contribution is -0.137. The summed E-state index contributed by atoms with van der Waals surface area (Å²) in [7, 11) is 0. The van der Waals surface area contributed by atoms with E-state index in [1.807, 2.05) is 0 Å². The third-order valence-electron chi connectivity index (χ3n) is 4.70. The molecule has 0 bridgehead atoms. The lowest BCUT2D eigenvalue weighted by atomic mass is 10.2. The zero-order valence-electron chi connectivity index (χ0n) is 14.9. The Morgan fingerprint density at radius 1 is 1.03 bits per heavy atom. The van der Waals surface area contributed by atoms with Crippen molar-refractivity contribution in [2.45, 2.75) is 19.3 Å². The summed E-state index contributed by atoms with van der Waals surface area (Å²) in [6.45, 7) is 0.605. The first-order valence-corrected chi connectivity index (χ1v) is 9.03. The summed E-state index contributed by atoms with van der Waals surface area (Å²) in [5, 5.41) is 4.55. The molecule has 2 aromatic carbocycles.